The largest absolute Gasteiger partial charge is 0.502 e. The number of hydrogen-bond acceptors (Lipinski definition) is 4. The van der Waals surface area contributed by atoms with Crippen molar-refractivity contribution in [1.82, 2.24) is 0 Å². The minimum atomic E-state index is -0.688. The van der Waals surface area contributed by atoms with Crippen LogP contribution >= 0.6 is 0 Å². The number of halogens is 1. The maximum absolute atomic E-state index is 12.7. The average molecular weight is 260 g/mol. The van der Waals surface area contributed by atoms with Crippen LogP contribution in [0.3, 0.4) is 0 Å². The molecule has 0 aliphatic rings. The van der Waals surface area contributed by atoms with Gasteiger partial charge in [-0.1, -0.05) is 12.1 Å². The van der Waals surface area contributed by atoms with E-state index in [2.05, 4.69) is 4.99 Å². The summed E-state index contributed by atoms with van der Waals surface area (Å²) >= 11 is 0. The molecule has 0 saturated carbocycles. The van der Waals surface area contributed by atoms with E-state index in [1.165, 1.54) is 42.6 Å². The SMILES string of the molecule is O=[N+]([O-])c1cc(N=Cc2ccc(F)cc2)ccc1O. The Morgan fingerprint density at radius 3 is 2.53 bits per heavy atom. The van der Waals surface area contributed by atoms with Crippen LogP contribution in [0.2, 0.25) is 0 Å². The Kier molecular flexibility index (Phi) is 3.51. The molecule has 5 nitrogen and oxygen atoms in total. The fourth-order valence-corrected chi connectivity index (χ4v) is 1.44. The zero-order valence-corrected chi connectivity index (χ0v) is 9.65. The lowest BCUT2D eigenvalue weighted by Gasteiger charge is -1.97. The highest BCUT2D eigenvalue weighted by atomic mass is 19.1. The van der Waals surface area contributed by atoms with Gasteiger partial charge in [0.25, 0.3) is 0 Å². The Morgan fingerprint density at radius 2 is 1.89 bits per heavy atom. The van der Waals surface area contributed by atoms with Gasteiger partial charge in [0, 0.05) is 12.3 Å². The van der Waals surface area contributed by atoms with E-state index in [0.29, 0.717) is 11.3 Å². The number of phenols is 1. The number of aliphatic imine (C=N–C) groups is 1. The lowest BCUT2D eigenvalue weighted by molar-refractivity contribution is -0.385. The number of nitro groups is 1. The fourth-order valence-electron chi connectivity index (χ4n) is 1.44. The zero-order valence-electron chi connectivity index (χ0n) is 9.65. The molecule has 96 valence electrons. The number of rotatable bonds is 3. The summed E-state index contributed by atoms with van der Waals surface area (Å²) in [4.78, 5) is 14.0. The van der Waals surface area contributed by atoms with Crippen LogP contribution < -0.4 is 0 Å². The van der Waals surface area contributed by atoms with Crippen molar-refractivity contribution in [2.45, 2.75) is 0 Å². The van der Waals surface area contributed by atoms with Gasteiger partial charge in [0.05, 0.1) is 10.6 Å². The van der Waals surface area contributed by atoms with Crippen molar-refractivity contribution >= 4 is 17.6 Å². The molecule has 6 heteroatoms. The molecule has 1 N–H and O–H groups in total. The molecule has 0 bridgehead atoms. The summed E-state index contributed by atoms with van der Waals surface area (Å²) in [5.74, 6) is -0.761. The van der Waals surface area contributed by atoms with E-state index in [4.69, 9.17) is 0 Å². The summed E-state index contributed by atoms with van der Waals surface area (Å²) in [6.45, 7) is 0. The molecule has 0 fully saturated rings. The first-order valence-corrected chi connectivity index (χ1v) is 5.33. The minimum absolute atomic E-state index is 0.328. The van der Waals surface area contributed by atoms with Crippen molar-refractivity contribution in [2.75, 3.05) is 0 Å². The fraction of sp³-hybridized carbons (Fsp3) is 0. The molecule has 0 atom stereocenters. The number of hydrogen-bond donors (Lipinski definition) is 1. The van der Waals surface area contributed by atoms with Crippen molar-refractivity contribution in [3.8, 4) is 5.75 Å². The van der Waals surface area contributed by atoms with E-state index in [0.717, 1.165) is 6.07 Å². The van der Waals surface area contributed by atoms with E-state index in [-0.39, 0.29) is 5.82 Å². The predicted octanol–water partition coefficient (Wildman–Crippen LogP) is 3.19. The van der Waals surface area contributed by atoms with Gasteiger partial charge in [0.1, 0.15) is 5.82 Å². The first-order valence-electron chi connectivity index (χ1n) is 5.33. The normalized spacial score (nSPS) is 10.8. The highest BCUT2D eigenvalue weighted by Crippen LogP contribution is 2.29. The van der Waals surface area contributed by atoms with E-state index < -0.39 is 16.4 Å². The van der Waals surface area contributed by atoms with Crippen LogP contribution in [0.15, 0.2) is 47.5 Å². The van der Waals surface area contributed by atoms with Crippen molar-refractivity contribution in [3.05, 3.63) is 64.0 Å². The summed E-state index contributed by atoms with van der Waals surface area (Å²) in [7, 11) is 0. The second-order valence-corrected chi connectivity index (χ2v) is 3.74. The van der Waals surface area contributed by atoms with Gasteiger partial charge in [-0.25, -0.2) is 4.39 Å². The molecule has 0 unspecified atom stereocenters. The maximum atomic E-state index is 12.7. The second-order valence-electron chi connectivity index (χ2n) is 3.74. The third kappa shape index (κ3) is 3.12. The summed E-state index contributed by atoms with van der Waals surface area (Å²) in [5, 5.41) is 19.9. The van der Waals surface area contributed by atoms with E-state index in [9.17, 15) is 19.6 Å². The van der Waals surface area contributed by atoms with Crippen molar-refractivity contribution in [2.24, 2.45) is 4.99 Å². The Hall–Kier alpha value is -2.76. The molecule has 0 aliphatic carbocycles. The monoisotopic (exact) mass is 260 g/mol. The highest BCUT2D eigenvalue weighted by Gasteiger charge is 2.12. The Labute approximate surface area is 107 Å². The van der Waals surface area contributed by atoms with Crippen LogP contribution in [0.4, 0.5) is 15.8 Å². The molecule has 2 aromatic rings. The molecule has 2 rings (SSSR count). The lowest BCUT2D eigenvalue weighted by atomic mass is 10.2. The molecule has 19 heavy (non-hydrogen) atoms. The lowest BCUT2D eigenvalue weighted by Crippen LogP contribution is -1.88. The average Bonchev–Trinajstić information content (AvgIpc) is 2.39. The summed E-state index contributed by atoms with van der Waals surface area (Å²) in [6.07, 6.45) is 1.45. The Morgan fingerprint density at radius 1 is 1.21 bits per heavy atom. The standard InChI is InChI=1S/C13H9FN2O3/c14-10-3-1-9(2-4-10)8-15-11-5-6-13(17)12(7-11)16(18)19/h1-8,17H. The first-order chi connectivity index (χ1) is 9.06. The van der Waals surface area contributed by atoms with Gasteiger partial charge >= 0.3 is 5.69 Å². The van der Waals surface area contributed by atoms with Crippen molar-refractivity contribution in [3.63, 3.8) is 0 Å². The Bertz CT molecular complexity index is 639. The summed E-state index contributed by atoms with van der Waals surface area (Å²) in [6, 6.07) is 9.47. The van der Waals surface area contributed by atoms with Crippen LogP contribution in [0.25, 0.3) is 0 Å². The van der Waals surface area contributed by atoms with E-state index in [1.54, 1.807) is 0 Å². The minimum Gasteiger partial charge on any atom is -0.502 e. The van der Waals surface area contributed by atoms with E-state index >= 15 is 0 Å². The molecule has 2 aromatic carbocycles. The number of nitrogens with zero attached hydrogens (tertiary/aromatic N) is 2. The van der Waals surface area contributed by atoms with Crippen LogP contribution in [0.1, 0.15) is 5.56 Å². The third-order valence-corrected chi connectivity index (χ3v) is 2.39. The van der Waals surface area contributed by atoms with Gasteiger partial charge in [-0.05, 0) is 29.8 Å². The van der Waals surface area contributed by atoms with Crippen LogP contribution in [-0.4, -0.2) is 16.2 Å². The number of nitro benzene ring substituents is 1. The predicted molar refractivity (Wildman–Crippen MR) is 68.4 cm³/mol. The number of aromatic hydroxyl groups is 1. The van der Waals surface area contributed by atoms with Gasteiger partial charge in [0.2, 0.25) is 0 Å². The van der Waals surface area contributed by atoms with Gasteiger partial charge in [-0.2, -0.15) is 0 Å². The van der Waals surface area contributed by atoms with E-state index in [1.807, 2.05) is 0 Å². The van der Waals surface area contributed by atoms with Gasteiger partial charge < -0.3 is 5.11 Å². The van der Waals surface area contributed by atoms with Crippen LogP contribution in [0, 0.1) is 15.9 Å². The van der Waals surface area contributed by atoms with Crippen LogP contribution in [-0.2, 0) is 0 Å². The molecule has 0 saturated heterocycles. The molecular weight excluding hydrogens is 251 g/mol. The highest BCUT2D eigenvalue weighted by molar-refractivity contribution is 5.82. The smallest absolute Gasteiger partial charge is 0.312 e. The third-order valence-electron chi connectivity index (χ3n) is 2.39. The topological polar surface area (TPSA) is 75.7 Å². The molecule has 0 amide bonds. The number of benzene rings is 2. The van der Waals surface area contributed by atoms with Gasteiger partial charge in [0.15, 0.2) is 5.75 Å². The van der Waals surface area contributed by atoms with Gasteiger partial charge in [-0.15, -0.1) is 0 Å². The molecule has 0 spiro atoms. The summed E-state index contributed by atoms with van der Waals surface area (Å²) in [5.41, 5.74) is 0.583. The zero-order chi connectivity index (χ0) is 13.8. The number of phenolic OH excluding ortho intramolecular Hbond substituents is 1. The molecule has 0 aromatic heterocycles. The van der Waals surface area contributed by atoms with Crippen molar-refractivity contribution in [1.29, 1.82) is 0 Å². The second kappa shape index (κ2) is 5.26. The Balaban J connectivity index is 2.26. The first kappa shape index (κ1) is 12.7. The molecule has 0 heterocycles. The molecule has 0 radical (unpaired) electrons. The van der Waals surface area contributed by atoms with Crippen molar-refractivity contribution < 1.29 is 14.4 Å². The molecular formula is C13H9FN2O3. The summed E-state index contributed by atoms with van der Waals surface area (Å²) < 4.78 is 12.7. The van der Waals surface area contributed by atoms with Gasteiger partial charge in [-0.3, -0.25) is 15.1 Å². The van der Waals surface area contributed by atoms with Crippen LogP contribution in [0.5, 0.6) is 5.75 Å². The quantitative estimate of drug-likeness (QED) is 0.523. The molecule has 0 aliphatic heterocycles. The maximum Gasteiger partial charge on any atom is 0.312 e.